The van der Waals surface area contributed by atoms with Crippen LogP contribution in [-0.2, 0) is 0 Å². The Morgan fingerprint density at radius 2 is 1.50 bits per heavy atom. The summed E-state index contributed by atoms with van der Waals surface area (Å²) in [5.41, 5.74) is 0.721. The minimum absolute atomic E-state index is 0.398. The van der Waals surface area contributed by atoms with Gasteiger partial charge >= 0.3 is 0 Å². The van der Waals surface area contributed by atoms with Crippen LogP contribution in [0.15, 0.2) is 0 Å². The van der Waals surface area contributed by atoms with Crippen molar-refractivity contribution in [1.82, 2.24) is 0 Å². The molecule has 0 spiro atoms. The van der Waals surface area contributed by atoms with Gasteiger partial charge in [0.05, 0.1) is 5.60 Å². The highest BCUT2D eigenvalue weighted by molar-refractivity contribution is 5.10. The molecule has 9 atom stereocenters. The van der Waals surface area contributed by atoms with E-state index in [-0.39, 0.29) is 0 Å². The number of hydrogen-bond acceptors (Lipinski definition) is 1. The van der Waals surface area contributed by atoms with Crippen molar-refractivity contribution in [2.24, 2.45) is 52.3 Å². The quantitative estimate of drug-likeness (QED) is 0.529. The Labute approximate surface area is 175 Å². The predicted molar refractivity (Wildman–Crippen MR) is 119 cm³/mol. The fraction of sp³-hybridized carbons (Fsp3) is 1.00. The molecule has 0 aliphatic heterocycles. The average Bonchev–Trinajstić information content (AvgIpc) is 2.97. The van der Waals surface area contributed by atoms with Crippen LogP contribution in [0.5, 0.6) is 0 Å². The van der Waals surface area contributed by atoms with Crippen LogP contribution in [0.25, 0.3) is 0 Å². The zero-order valence-electron chi connectivity index (χ0n) is 19.8. The Hall–Kier alpha value is -0.0400. The molecule has 28 heavy (non-hydrogen) atoms. The minimum Gasteiger partial charge on any atom is -0.390 e. The maximum atomic E-state index is 10.7. The molecule has 4 rings (SSSR count). The zero-order chi connectivity index (χ0) is 20.3. The van der Waals surface area contributed by atoms with E-state index in [4.69, 9.17) is 0 Å². The summed E-state index contributed by atoms with van der Waals surface area (Å²) in [6.45, 7) is 14.8. The zero-order valence-corrected chi connectivity index (χ0v) is 19.8. The summed E-state index contributed by atoms with van der Waals surface area (Å²) in [5.74, 6) is 6.39. The molecule has 1 heteroatoms. The number of hydrogen-bond donors (Lipinski definition) is 1. The van der Waals surface area contributed by atoms with Crippen molar-refractivity contribution in [3.63, 3.8) is 0 Å². The second-order valence-corrected chi connectivity index (χ2v) is 13.0. The molecule has 0 aromatic rings. The lowest BCUT2D eigenvalue weighted by molar-refractivity contribution is -0.148. The van der Waals surface area contributed by atoms with Gasteiger partial charge in [-0.15, -0.1) is 0 Å². The third-order valence-electron chi connectivity index (χ3n) is 10.9. The predicted octanol–water partition coefficient (Wildman–Crippen LogP) is 7.47. The van der Waals surface area contributed by atoms with E-state index in [1.54, 1.807) is 0 Å². The highest BCUT2D eigenvalue weighted by atomic mass is 16.3. The molecule has 0 heterocycles. The van der Waals surface area contributed by atoms with E-state index in [0.717, 1.165) is 54.3 Å². The van der Waals surface area contributed by atoms with Gasteiger partial charge in [0.15, 0.2) is 0 Å². The molecule has 162 valence electrons. The largest absolute Gasteiger partial charge is 0.390 e. The van der Waals surface area contributed by atoms with Gasteiger partial charge < -0.3 is 5.11 Å². The fourth-order valence-electron chi connectivity index (χ4n) is 9.20. The van der Waals surface area contributed by atoms with E-state index in [1.165, 1.54) is 57.8 Å². The summed E-state index contributed by atoms with van der Waals surface area (Å²) in [7, 11) is 0. The molecule has 0 radical (unpaired) electrons. The molecule has 4 aliphatic carbocycles. The van der Waals surface area contributed by atoms with Crippen molar-refractivity contribution in [2.45, 2.75) is 118 Å². The van der Waals surface area contributed by atoms with Crippen molar-refractivity contribution >= 4 is 0 Å². The molecular weight excluding hydrogens is 340 g/mol. The molecule has 0 saturated heterocycles. The summed E-state index contributed by atoms with van der Waals surface area (Å²) in [5, 5.41) is 10.7. The lowest BCUT2D eigenvalue weighted by atomic mass is 9.43. The Morgan fingerprint density at radius 3 is 2.21 bits per heavy atom. The second kappa shape index (κ2) is 7.28. The van der Waals surface area contributed by atoms with Crippen LogP contribution in [0.2, 0.25) is 0 Å². The van der Waals surface area contributed by atoms with Gasteiger partial charge in [-0.05, 0) is 117 Å². The smallest absolute Gasteiger partial charge is 0.0622 e. The number of fused-ring (bicyclic) bond motifs is 5. The molecule has 0 amide bonds. The summed E-state index contributed by atoms with van der Waals surface area (Å²) in [4.78, 5) is 0. The third kappa shape index (κ3) is 3.40. The first-order valence-electron chi connectivity index (χ1n) is 12.8. The van der Waals surface area contributed by atoms with Crippen molar-refractivity contribution in [1.29, 1.82) is 0 Å². The first kappa shape index (κ1) is 21.2. The molecule has 0 unspecified atom stereocenters. The van der Waals surface area contributed by atoms with Crippen molar-refractivity contribution in [3.8, 4) is 0 Å². The third-order valence-corrected chi connectivity index (χ3v) is 10.9. The molecule has 4 fully saturated rings. The molecule has 0 bridgehead atoms. The van der Waals surface area contributed by atoms with Gasteiger partial charge in [-0.1, -0.05) is 47.5 Å². The topological polar surface area (TPSA) is 20.2 Å². The summed E-state index contributed by atoms with van der Waals surface area (Å²) in [6, 6.07) is 0. The fourth-order valence-corrected chi connectivity index (χ4v) is 9.20. The Kier molecular flexibility index (Phi) is 5.51. The lowest BCUT2D eigenvalue weighted by Crippen LogP contribution is -2.55. The van der Waals surface area contributed by atoms with Gasteiger partial charge in [0, 0.05) is 0 Å². The maximum Gasteiger partial charge on any atom is 0.0622 e. The number of aliphatic hydroxyl groups is 1. The molecule has 0 aromatic heterocycles. The van der Waals surface area contributed by atoms with Crippen molar-refractivity contribution in [2.75, 3.05) is 0 Å². The molecule has 1 N–H and O–H groups in total. The first-order chi connectivity index (χ1) is 13.1. The first-order valence-corrected chi connectivity index (χ1v) is 12.8. The normalized spacial score (nSPS) is 52.1. The number of rotatable bonds is 4. The Morgan fingerprint density at radius 1 is 0.786 bits per heavy atom. The highest BCUT2D eigenvalue weighted by Crippen LogP contribution is 2.68. The van der Waals surface area contributed by atoms with Gasteiger partial charge in [-0.25, -0.2) is 0 Å². The summed E-state index contributed by atoms with van der Waals surface area (Å²) in [6.07, 6.45) is 15.0. The van der Waals surface area contributed by atoms with Crippen molar-refractivity contribution in [3.05, 3.63) is 0 Å². The van der Waals surface area contributed by atoms with Gasteiger partial charge in [-0.3, -0.25) is 0 Å². The van der Waals surface area contributed by atoms with Crippen LogP contribution in [0.3, 0.4) is 0 Å². The summed E-state index contributed by atoms with van der Waals surface area (Å²) < 4.78 is 0. The van der Waals surface area contributed by atoms with E-state index < -0.39 is 5.60 Å². The SMILES string of the molecule is CC(C)CC[C@@H](C)[C@H]1CC[C@H]2[C@@H]3CC[C@@H]4C[C@@](C)(O)CC[C@]4(C)[C@H]3CC[C@]12C. The van der Waals surface area contributed by atoms with Crippen LogP contribution < -0.4 is 0 Å². The van der Waals surface area contributed by atoms with Gasteiger partial charge in [0.1, 0.15) is 0 Å². The standard InChI is InChI=1S/C27H48O/c1-18(2)7-8-19(3)22-11-12-23-21-10-9-20-17-25(4,28)15-16-26(20,5)24(21)13-14-27(22,23)6/h18-24,28H,7-17H2,1-6H3/t19-,20-,21+,22-,23+,24+,25+,26+,27-/m1/s1. The van der Waals surface area contributed by atoms with Gasteiger partial charge in [-0.2, -0.15) is 0 Å². The Bertz CT molecular complexity index is 565. The van der Waals surface area contributed by atoms with Gasteiger partial charge in [0.25, 0.3) is 0 Å². The van der Waals surface area contributed by atoms with E-state index >= 15 is 0 Å². The highest BCUT2D eigenvalue weighted by Gasteiger charge is 2.61. The maximum absolute atomic E-state index is 10.7. The van der Waals surface area contributed by atoms with E-state index in [9.17, 15) is 5.11 Å². The molecule has 0 aromatic carbocycles. The molecule has 1 nitrogen and oxygen atoms in total. The minimum atomic E-state index is -0.398. The Balaban J connectivity index is 1.50. The van der Waals surface area contributed by atoms with Crippen LogP contribution in [0, 0.1) is 52.3 Å². The second-order valence-electron chi connectivity index (χ2n) is 13.0. The van der Waals surface area contributed by atoms with Crippen molar-refractivity contribution < 1.29 is 5.11 Å². The van der Waals surface area contributed by atoms with Gasteiger partial charge in [0.2, 0.25) is 0 Å². The summed E-state index contributed by atoms with van der Waals surface area (Å²) >= 11 is 0. The molecular formula is C27H48O. The molecule has 4 saturated carbocycles. The van der Waals surface area contributed by atoms with Crippen LogP contribution >= 0.6 is 0 Å². The van der Waals surface area contributed by atoms with Crippen LogP contribution in [0.1, 0.15) is 112 Å². The van der Waals surface area contributed by atoms with Crippen LogP contribution in [-0.4, -0.2) is 10.7 Å². The lowest BCUT2D eigenvalue weighted by Gasteiger charge is -2.62. The average molecular weight is 389 g/mol. The molecule has 4 aliphatic rings. The van der Waals surface area contributed by atoms with E-state index in [0.29, 0.717) is 10.8 Å². The van der Waals surface area contributed by atoms with E-state index in [1.807, 2.05) is 0 Å². The monoisotopic (exact) mass is 388 g/mol. The van der Waals surface area contributed by atoms with Crippen LogP contribution in [0.4, 0.5) is 0 Å². The van der Waals surface area contributed by atoms with E-state index in [2.05, 4.69) is 41.5 Å².